The second-order valence-electron chi connectivity index (χ2n) is 7.64. The number of Topliss-reactive ketones (excluding diaryl/α,β-unsaturated/α-hetero) is 1. The van der Waals surface area contributed by atoms with E-state index in [-0.39, 0.29) is 23.3 Å². The van der Waals surface area contributed by atoms with Gasteiger partial charge < -0.3 is 15.1 Å². The van der Waals surface area contributed by atoms with Gasteiger partial charge in [0.15, 0.2) is 5.78 Å². The number of anilines is 3. The highest BCUT2D eigenvalue weighted by molar-refractivity contribution is 7.99. The number of nitrogens with one attached hydrogen (secondary N) is 1. The first-order chi connectivity index (χ1) is 16.0. The third-order valence-corrected chi connectivity index (χ3v) is 6.25. The molecule has 1 amide bonds. The van der Waals surface area contributed by atoms with Crippen molar-refractivity contribution in [3.63, 3.8) is 0 Å². The van der Waals surface area contributed by atoms with Gasteiger partial charge in [0.25, 0.3) is 0 Å². The first kappa shape index (κ1) is 22.7. The highest BCUT2D eigenvalue weighted by atomic mass is 32.2. The number of carbonyl (C=O) groups is 2. The van der Waals surface area contributed by atoms with Crippen molar-refractivity contribution >= 4 is 40.6 Å². The van der Waals surface area contributed by atoms with Crippen LogP contribution in [0.2, 0.25) is 0 Å². The van der Waals surface area contributed by atoms with Gasteiger partial charge in [0.1, 0.15) is 23.0 Å². The Bertz CT molecular complexity index is 1130. The summed E-state index contributed by atoms with van der Waals surface area (Å²) in [7, 11) is 0. The van der Waals surface area contributed by atoms with Crippen LogP contribution in [0.5, 0.6) is 0 Å². The lowest BCUT2D eigenvalue weighted by molar-refractivity contribution is -0.113. The molecule has 9 heteroatoms. The van der Waals surface area contributed by atoms with Crippen LogP contribution in [0.1, 0.15) is 17.3 Å². The fourth-order valence-electron chi connectivity index (χ4n) is 3.58. The van der Waals surface area contributed by atoms with Crippen molar-refractivity contribution in [1.29, 1.82) is 0 Å². The zero-order valence-corrected chi connectivity index (χ0v) is 19.0. The van der Waals surface area contributed by atoms with E-state index < -0.39 is 0 Å². The monoisotopic (exact) mass is 465 g/mol. The summed E-state index contributed by atoms with van der Waals surface area (Å²) in [4.78, 5) is 36.9. The van der Waals surface area contributed by atoms with Crippen molar-refractivity contribution in [3.05, 3.63) is 72.3 Å². The van der Waals surface area contributed by atoms with Gasteiger partial charge >= 0.3 is 0 Å². The fourth-order valence-corrected chi connectivity index (χ4v) is 4.24. The van der Waals surface area contributed by atoms with Crippen LogP contribution >= 0.6 is 11.8 Å². The lowest BCUT2D eigenvalue weighted by Crippen LogP contribution is -2.46. The molecule has 1 aliphatic heterocycles. The lowest BCUT2D eigenvalue weighted by Gasteiger charge is -2.36. The van der Waals surface area contributed by atoms with Crippen LogP contribution in [0.3, 0.4) is 0 Å². The maximum Gasteiger partial charge on any atom is 0.234 e. The second-order valence-corrected chi connectivity index (χ2v) is 8.63. The molecule has 2 heterocycles. The van der Waals surface area contributed by atoms with E-state index in [4.69, 9.17) is 0 Å². The third kappa shape index (κ3) is 6.07. The number of amides is 1. The van der Waals surface area contributed by atoms with Crippen molar-refractivity contribution in [1.82, 2.24) is 9.97 Å². The summed E-state index contributed by atoms with van der Waals surface area (Å²) >= 11 is 1.33. The van der Waals surface area contributed by atoms with Crippen LogP contribution in [0, 0.1) is 5.82 Å². The van der Waals surface area contributed by atoms with Crippen LogP contribution in [-0.2, 0) is 4.79 Å². The number of aromatic nitrogens is 2. The molecule has 0 unspecified atom stereocenters. The molecule has 33 heavy (non-hydrogen) atoms. The Hall–Kier alpha value is -3.46. The predicted octanol–water partition coefficient (Wildman–Crippen LogP) is 3.88. The molecule has 0 spiro atoms. The van der Waals surface area contributed by atoms with Crippen LogP contribution < -0.4 is 15.1 Å². The average Bonchev–Trinajstić information content (AvgIpc) is 2.84. The zero-order chi connectivity index (χ0) is 23.2. The van der Waals surface area contributed by atoms with Gasteiger partial charge in [-0.1, -0.05) is 23.9 Å². The van der Waals surface area contributed by atoms with Gasteiger partial charge in [-0.25, -0.2) is 14.4 Å². The number of halogens is 1. The maximum atomic E-state index is 13.2. The average molecular weight is 466 g/mol. The van der Waals surface area contributed by atoms with E-state index >= 15 is 0 Å². The minimum atomic E-state index is -0.235. The number of rotatable bonds is 7. The quantitative estimate of drug-likeness (QED) is 0.322. The van der Waals surface area contributed by atoms with E-state index in [0.29, 0.717) is 16.3 Å². The van der Waals surface area contributed by atoms with Crippen molar-refractivity contribution in [2.75, 3.05) is 47.0 Å². The third-order valence-electron chi connectivity index (χ3n) is 5.33. The molecular formula is C24H24FN5O2S. The molecule has 2 aromatic carbocycles. The topological polar surface area (TPSA) is 78.4 Å². The van der Waals surface area contributed by atoms with Crippen LogP contribution in [0.25, 0.3) is 0 Å². The number of hydrogen-bond donors (Lipinski definition) is 1. The molecule has 0 aliphatic carbocycles. The molecule has 1 fully saturated rings. The Balaban J connectivity index is 1.30. The van der Waals surface area contributed by atoms with Crippen molar-refractivity contribution in [2.45, 2.75) is 11.9 Å². The standard InChI is InChI=1S/C24H24FN5O2S/c1-17(31)18-3-2-4-20(13-18)28-23(32)15-33-24-14-22(26-16-27-24)30-11-9-29(10-12-30)21-7-5-19(25)6-8-21/h2-8,13-14,16H,9-12,15H2,1H3,(H,28,32). The number of carbonyl (C=O) groups excluding carboxylic acids is 2. The van der Waals surface area contributed by atoms with Gasteiger partial charge in [0.2, 0.25) is 5.91 Å². The Labute approximate surface area is 196 Å². The largest absolute Gasteiger partial charge is 0.368 e. The first-order valence-electron chi connectivity index (χ1n) is 10.6. The summed E-state index contributed by atoms with van der Waals surface area (Å²) < 4.78 is 13.2. The summed E-state index contributed by atoms with van der Waals surface area (Å²) in [6.45, 7) is 4.67. The van der Waals surface area contributed by atoms with Crippen molar-refractivity contribution in [3.8, 4) is 0 Å². The number of hydrogen-bond acceptors (Lipinski definition) is 7. The molecule has 1 saturated heterocycles. The number of piperazine rings is 1. The molecule has 0 atom stereocenters. The van der Waals surface area contributed by atoms with Gasteiger partial charge in [-0.2, -0.15) is 0 Å². The fraction of sp³-hybridized carbons (Fsp3) is 0.250. The van der Waals surface area contributed by atoms with Crippen molar-refractivity contribution < 1.29 is 14.0 Å². The van der Waals surface area contributed by atoms with E-state index in [2.05, 4.69) is 25.1 Å². The Morgan fingerprint density at radius 1 is 1.00 bits per heavy atom. The number of ketones is 1. The second kappa shape index (κ2) is 10.4. The summed E-state index contributed by atoms with van der Waals surface area (Å²) in [6, 6.07) is 15.3. The molecule has 4 rings (SSSR count). The zero-order valence-electron chi connectivity index (χ0n) is 18.2. The molecule has 0 bridgehead atoms. The molecule has 1 aliphatic rings. The number of thioether (sulfide) groups is 1. The predicted molar refractivity (Wildman–Crippen MR) is 129 cm³/mol. The van der Waals surface area contributed by atoms with E-state index in [9.17, 15) is 14.0 Å². The maximum absolute atomic E-state index is 13.2. The molecule has 170 valence electrons. The molecule has 0 saturated carbocycles. The Morgan fingerprint density at radius 2 is 1.73 bits per heavy atom. The summed E-state index contributed by atoms with van der Waals surface area (Å²) in [5.41, 5.74) is 2.16. The van der Waals surface area contributed by atoms with E-state index in [0.717, 1.165) is 37.7 Å². The van der Waals surface area contributed by atoms with Gasteiger partial charge in [0.05, 0.1) is 5.75 Å². The van der Waals surface area contributed by atoms with Crippen LogP contribution in [0.4, 0.5) is 21.6 Å². The number of nitrogens with zero attached hydrogens (tertiary/aromatic N) is 4. The molecular weight excluding hydrogens is 441 g/mol. The van der Waals surface area contributed by atoms with Gasteiger partial charge in [0, 0.05) is 49.2 Å². The summed E-state index contributed by atoms with van der Waals surface area (Å²) in [5, 5.41) is 3.53. The Morgan fingerprint density at radius 3 is 2.45 bits per heavy atom. The molecule has 1 N–H and O–H groups in total. The summed E-state index contributed by atoms with van der Waals surface area (Å²) in [6.07, 6.45) is 1.51. The highest BCUT2D eigenvalue weighted by Gasteiger charge is 2.19. The first-order valence-corrected chi connectivity index (χ1v) is 11.6. The molecule has 3 aromatic rings. The van der Waals surface area contributed by atoms with Gasteiger partial charge in [-0.3, -0.25) is 9.59 Å². The lowest BCUT2D eigenvalue weighted by atomic mass is 10.1. The Kier molecular flexibility index (Phi) is 7.19. The van der Waals surface area contributed by atoms with Crippen LogP contribution in [0.15, 0.2) is 66.0 Å². The van der Waals surface area contributed by atoms with Gasteiger partial charge in [-0.05, 0) is 43.3 Å². The SMILES string of the molecule is CC(=O)c1cccc(NC(=O)CSc2cc(N3CCN(c4ccc(F)cc4)CC3)ncn2)c1. The molecule has 0 radical (unpaired) electrons. The van der Waals surface area contributed by atoms with E-state index in [1.54, 1.807) is 36.4 Å². The number of benzene rings is 2. The normalized spacial score (nSPS) is 13.6. The van der Waals surface area contributed by atoms with E-state index in [1.807, 2.05) is 6.07 Å². The molecule has 1 aromatic heterocycles. The molecule has 7 nitrogen and oxygen atoms in total. The van der Waals surface area contributed by atoms with Crippen LogP contribution in [-0.4, -0.2) is 53.6 Å². The minimum Gasteiger partial charge on any atom is -0.368 e. The smallest absolute Gasteiger partial charge is 0.234 e. The van der Waals surface area contributed by atoms with E-state index in [1.165, 1.54) is 37.1 Å². The van der Waals surface area contributed by atoms with Gasteiger partial charge in [-0.15, -0.1) is 0 Å². The highest BCUT2D eigenvalue weighted by Crippen LogP contribution is 2.23. The summed E-state index contributed by atoms with van der Waals surface area (Å²) in [5.74, 6) is 0.558. The van der Waals surface area contributed by atoms with Crippen molar-refractivity contribution in [2.24, 2.45) is 0 Å². The minimum absolute atomic E-state index is 0.0486.